The van der Waals surface area contributed by atoms with Crippen molar-refractivity contribution in [2.45, 2.75) is 27.2 Å². The third-order valence-corrected chi connectivity index (χ3v) is 3.71. The van der Waals surface area contributed by atoms with Crippen LogP contribution < -0.4 is 4.74 Å². The summed E-state index contributed by atoms with van der Waals surface area (Å²) in [7, 11) is 1.68. The fourth-order valence-electron chi connectivity index (χ4n) is 2.18. The molecule has 1 aromatic carbocycles. The molecule has 0 aliphatic heterocycles. The van der Waals surface area contributed by atoms with Crippen molar-refractivity contribution in [1.82, 2.24) is 9.97 Å². The SMILES string of the molecule is CCc1c(Cl)ncnc1-c1ccc(C)c(C)c1OC. The molecule has 0 saturated heterocycles. The van der Waals surface area contributed by atoms with E-state index < -0.39 is 0 Å². The molecule has 0 aliphatic carbocycles. The topological polar surface area (TPSA) is 35.0 Å². The summed E-state index contributed by atoms with van der Waals surface area (Å²) < 4.78 is 5.55. The number of aromatic nitrogens is 2. The molecular weight excluding hydrogens is 260 g/mol. The van der Waals surface area contributed by atoms with Crippen molar-refractivity contribution in [2.24, 2.45) is 0 Å². The Morgan fingerprint density at radius 2 is 1.95 bits per heavy atom. The van der Waals surface area contributed by atoms with Gasteiger partial charge in [-0.05, 0) is 37.5 Å². The number of nitrogens with zero attached hydrogens (tertiary/aromatic N) is 2. The fraction of sp³-hybridized carbons (Fsp3) is 0.333. The van der Waals surface area contributed by atoms with Crippen LogP contribution >= 0.6 is 11.6 Å². The minimum atomic E-state index is 0.507. The van der Waals surface area contributed by atoms with Crippen LogP contribution in [-0.2, 0) is 6.42 Å². The van der Waals surface area contributed by atoms with Gasteiger partial charge in [0.15, 0.2) is 0 Å². The van der Waals surface area contributed by atoms with Crippen LogP contribution in [0.5, 0.6) is 5.75 Å². The molecule has 0 fully saturated rings. The van der Waals surface area contributed by atoms with Gasteiger partial charge in [0, 0.05) is 11.1 Å². The third-order valence-electron chi connectivity index (χ3n) is 3.38. The van der Waals surface area contributed by atoms with Gasteiger partial charge in [0.25, 0.3) is 0 Å². The third kappa shape index (κ3) is 2.43. The van der Waals surface area contributed by atoms with E-state index >= 15 is 0 Å². The minimum absolute atomic E-state index is 0.507. The van der Waals surface area contributed by atoms with Crippen LogP contribution in [0.3, 0.4) is 0 Å². The van der Waals surface area contributed by atoms with Crippen LogP contribution in [0.4, 0.5) is 0 Å². The maximum Gasteiger partial charge on any atom is 0.136 e. The van der Waals surface area contributed by atoms with E-state index in [2.05, 4.69) is 23.0 Å². The zero-order valence-electron chi connectivity index (χ0n) is 11.6. The van der Waals surface area contributed by atoms with Crippen molar-refractivity contribution in [3.63, 3.8) is 0 Å². The van der Waals surface area contributed by atoms with Crippen LogP contribution in [-0.4, -0.2) is 17.1 Å². The Hall–Kier alpha value is -1.61. The molecule has 0 atom stereocenters. The first-order valence-electron chi connectivity index (χ1n) is 6.24. The predicted octanol–water partition coefficient (Wildman–Crippen LogP) is 3.98. The van der Waals surface area contributed by atoms with Gasteiger partial charge in [-0.3, -0.25) is 0 Å². The van der Waals surface area contributed by atoms with E-state index in [1.807, 2.05) is 19.9 Å². The highest BCUT2D eigenvalue weighted by Crippen LogP contribution is 2.36. The Morgan fingerprint density at radius 3 is 2.58 bits per heavy atom. The Labute approximate surface area is 118 Å². The summed E-state index contributed by atoms with van der Waals surface area (Å²) >= 11 is 6.15. The lowest BCUT2D eigenvalue weighted by molar-refractivity contribution is 0.413. The maximum absolute atomic E-state index is 6.15. The zero-order chi connectivity index (χ0) is 14.0. The Morgan fingerprint density at radius 1 is 1.21 bits per heavy atom. The molecule has 0 N–H and O–H groups in total. The van der Waals surface area contributed by atoms with Crippen molar-refractivity contribution >= 4 is 11.6 Å². The summed E-state index contributed by atoms with van der Waals surface area (Å²) in [6.45, 7) is 6.16. The first-order valence-corrected chi connectivity index (χ1v) is 6.61. The van der Waals surface area contributed by atoms with E-state index in [1.54, 1.807) is 7.11 Å². The number of hydrogen-bond acceptors (Lipinski definition) is 3. The van der Waals surface area contributed by atoms with Gasteiger partial charge >= 0.3 is 0 Å². The van der Waals surface area contributed by atoms with Gasteiger partial charge in [0.05, 0.1) is 12.8 Å². The molecule has 19 heavy (non-hydrogen) atoms. The lowest BCUT2D eigenvalue weighted by Crippen LogP contribution is -1.99. The number of ether oxygens (including phenoxy) is 1. The van der Waals surface area contributed by atoms with Crippen LogP contribution in [0, 0.1) is 13.8 Å². The summed E-state index contributed by atoms with van der Waals surface area (Å²) in [5.41, 5.74) is 5.08. The lowest BCUT2D eigenvalue weighted by Gasteiger charge is -2.15. The number of hydrogen-bond donors (Lipinski definition) is 0. The molecule has 0 spiro atoms. The van der Waals surface area contributed by atoms with Gasteiger partial charge in [0.2, 0.25) is 0 Å². The van der Waals surface area contributed by atoms with Gasteiger partial charge in [-0.25, -0.2) is 9.97 Å². The fourth-order valence-corrected chi connectivity index (χ4v) is 2.44. The number of rotatable bonds is 3. The second kappa shape index (κ2) is 5.57. The lowest BCUT2D eigenvalue weighted by atomic mass is 9.99. The molecule has 0 unspecified atom stereocenters. The van der Waals surface area contributed by atoms with E-state index in [0.29, 0.717) is 5.15 Å². The van der Waals surface area contributed by atoms with E-state index in [-0.39, 0.29) is 0 Å². The summed E-state index contributed by atoms with van der Waals surface area (Å²) in [5, 5.41) is 0.507. The van der Waals surface area contributed by atoms with Gasteiger partial charge in [0.1, 0.15) is 17.2 Å². The molecule has 0 aliphatic rings. The van der Waals surface area contributed by atoms with E-state index in [0.717, 1.165) is 34.6 Å². The molecule has 1 heterocycles. The first kappa shape index (κ1) is 13.8. The maximum atomic E-state index is 6.15. The summed E-state index contributed by atoms with van der Waals surface area (Å²) in [4.78, 5) is 8.43. The molecule has 0 amide bonds. The summed E-state index contributed by atoms with van der Waals surface area (Å²) in [6, 6.07) is 4.10. The number of halogens is 1. The molecule has 0 bridgehead atoms. The minimum Gasteiger partial charge on any atom is -0.496 e. The van der Waals surface area contributed by atoms with Crippen LogP contribution in [0.2, 0.25) is 5.15 Å². The average molecular weight is 277 g/mol. The predicted molar refractivity (Wildman–Crippen MR) is 77.9 cm³/mol. The standard InChI is InChI=1S/C15H17ClN2O/c1-5-11-13(17-8-18-15(11)16)12-7-6-9(2)10(3)14(12)19-4/h6-8H,5H2,1-4H3. The van der Waals surface area contributed by atoms with Gasteiger partial charge in [-0.15, -0.1) is 0 Å². The molecule has 100 valence electrons. The number of benzene rings is 1. The Kier molecular flexibility index (Phi) is 4.05. The molecule has 2 aromatic rings. The van der Waals surface area contributed by atoms with E-state index in [4.69, 9.17) is 16.3 Å². The largest absolute Gasteiger partial charge is 0.496 e. The summed E-state index contributed by atoms with van der Waals surface area (Å²) in [6.07, 6.45) is 2.27. The van der Waals surface area contributed by atoms with Crippen LogP contribution in [0.1, 0.15) is 23.6 Å². The molecule has 4 heteroatoms. The highest BCUT2D eigenvalue weighted by molar-refractivity contribution is 6.30. The molecule has 3 nitrogen and oxygen atoms in total. The number of methoxy groups -OCH3 is 1. The van der Waals surface area contributed by atoms with Crippen molar-refractivity contribution in [3.05, 3.63) is 40.3 Å². The molecule has 2 rings (SSSR count). The highest BCUT2D eigenvalue weighted by atomic mass is 35.5. The van der Waals surface area contributed by atoms with Crippen molar-refractivity contribution < 1.29 is 4.74 Å². The molecule has 0 radical (unpaired) electrons. The molecular formula is C15H17ClN2O. The molecule has 0 saturated carbocycles. The number of aryl methyl sites for hydroxylation is 1. The second-order valence-electron chi connectivity index (χ2n) is 4.43. The van der Waals surface area contributed by atoms with Crippen molar-refractivity contribution in [1.29, 1.82) is 0 Å². The van der Waals surface area contributed by atoms with Crippen LogP contribution in [0.15, 0.2) is 18.5 Å². The zero-order valence-corrected chi connectivity index (χ0v) is 12.4. The molecule has 1 aromatic heterocycles. The Balaban J connectivity index is 2.72. The van der Waals surface area contributed by atoms with Crippen molar-refractivity contribution in [3.8, 4) is 17.0 Å². The summed E-state index contributed by atoms with van der Waals surface area (Å²) in [5.74, 6) is 0.851. The first-order chi connectivity index (χ1) is 9.10. The highest BCUT2D eigenvalue weighted by Gasteiger charge is 2.16. The van der Waals surface area contributed by atoms with Gasteiger partial charge < -0.3 is 4.74 Å². The normalized spacial score (nSPS) is 10.6. The Bertz CT molecular complexity index is 611. The van der Waals surface area contributed by atoms with Crippen molar-refractivity contribution in [2.75, 3.05) is 7.11 Å². The quantitative estimate of drug-likeness (QED) is 0.795. The smallest absolute Gasteiger partial charge is 0.136 e. The van der Waals surface area contributed by atoms with E-state index in [9.17, 15) is 0 Å². The van der Waals surface area contributed by atoms with Crippen LogP contribution in [0.25, 0.3) is 11.3 Å². The second-order valence-corrected chi connectivity index (χ2v) is 4.79. The van der Waals surface area contributed by atoms with Gasteiger partial charge in [-0.1, -0.05) is 24.6 Å². The van der Waals surface area contributed by atoms with Gasteiger partial charge in [-0.2, -0.15) is 0 Å². The van der Waals surface area contributed by atoms with E-state index in [1.165, 1.54) is 11.9 Å². The monoisotopic (exact) mass is 276 g/mol. The average Bonchev–Trinajstić information content (AvgIpc) is 2.41.